The Labute approximate surface area is 60.1 Å². The zero-order chi connectivity index (χ0) is 8.15. The molecule has 0 saturated heterocycles. The van der Waals surface area contributed by atoms with Crippen LogP contribution in [-0.2, 0) is 9.59 Å². The molecule has 0 unspecified atom stereocenters. The molecule has 0 saturated carbocycles. The third-order valence-electron chi connectivity index (χ3n) is 1.05. The summed E-state index contributed by atoms with van der Waals surface area (Å²) in [4.78, 5) is 21.3. The van der Waals surface area contributed by atoms with Crippen molar-refractivity contribution in [2.24, 2.45) is 0 Å². The molecule has 0 aliphatic carbocycles. The van der Waals surface area contributed by atoms with Crippen LogP contribution >= 0.6 is 0 Å². The van der Waals surface area contributed by atoms with Crippen LogP contribution in [0.25, 0.3) is 0 Å². The third-order valence-corrected chi connectivity index (χ3v) is 1.05. The van der Waals surface area contributed by atoms with E-state index in [1.807, 2.05) is 0 Å². The van der Waals surface area contributed by atoms with Gasteiger partial charge in [0.05, 0.1) is 5.57 Å². The Morgan fingerprint density at radius 1 is 1.20 bits per heavy atom. The van der Waals surface area contributed by atoms with Gasteiger partial charge in [0, 0.05) is 13.2 Å². The van der Waals surface area contributed by atoms with E-state index < -0.39 is 0 Å². The van der Waals surface area contributed by atoms with Crippen LogP contribution < -0.4 is 5.32 Å². The number of nitrogens with one attached hydrogen (secondary N) is 1. The standard InChI is InChI=1S/C7H11NO2/c1-5(9)7(4-8-3)6(2)10/h4,8H,1-3H3. The van der Waals surface area contributed by atoms with E-state index in [-0.39, 0.29) is 17.1 Å². The second-order valence-electron chi connectivity index (χ2n) is 1.96. The number of ketones is 2. The van der Waals surface area contributed by atoms with Crippen molar-refractivity contribution in [2.45, 2.75) is 13.8 Å². The van der Waals surface area contributed by atoms with Crippen LogP contribution in [0.4, 0.5) is 0 Å². The predicted molar refractivity (Wildman–Crippen MR) is 38.5 cm³/mol. The van der Waals surface area contributed by atoms with Crippen molar-refractivity contribution < 1.29 is 9.59 Å². The predicted octanol–water partition coefficient (Wildman–Crippen LogP) is 0.268. The van der Waals surface area contributed by atoms with E-state index in [0.717, 1.165) is 0 Å². The molecule has 1 N–H and O–H groups in total. The lowest BCUT2D eigenvalue weighted by Gasteiger charge is -1.95. The van der Waals surface area contributed by atoms with Crippen molar-refractivity contribution in [3.05, 3.63) is 11.8 Å². The van der Waals surface area contributed by atoms with Crippen molar-refractivity contribution in [3.63, 3.8) is 0 Å². The fraction of sp³-hybridized carbons (Fsp3) is 0.429. The van der Waals surface area contributed by atoms with Crippen LogP contribution in [0.1, 0.15) is 13.8 Å². The van der Waals surface area contributed by atoms with E-state index in [1.165, 1.54) is 20.0 Å². The molecule has 0 bridgehead atoms. The Bertz CT molecular complexity index is 166. The van der Waals surface area contributed by atoms with Crippen LogP contribution in [-0.4, -0.2) is 18.6 Å². The van der Waals surface area contributed by atoms with E-state index in [9.17, 15) is 9.59 Å². The average Bonchev–Trinajstić information content (AvgIpc) is 1.81. The Balaban J connectivity index is 4.42. The molecule has 0 aromatic carbocycles. The summed E-state index contributed by atoms with van der Waals surface area (Å²) in [6.45, 7) is 2.73. The van der Waals surface area contributed by atoms with Crippen molar-refractivity contribution in [1.29, 1.82) is 0 Å². The Kier molecular flexibility index (Phi) is 3.39. The van der Waals surface area contributed by atoms with Crippen LogP contribution in [0.15, 0.2) is 11.8 Å². The van der Waals surface area contributed by atoms with Gasteiger partial charge in [0.15, 0.2) is 11.6 Å². The second kappa shape index (κ2) is 3.82. The number of hydrogen-bond acceptors (Lipinski definition) is 3. The SMILES string of the molecule is CNC=C(C(C)=O)C(C)=O. The monoisotopic (exact) mass is 141 g/mol. The minimum atomic E-state index is -0.207. The normalized spacial score (nSPS) is 8.30. The highest BCUT2D eigenvalue weighted by atomic mass is 16.1. The van der Waals surface area contributed by atoms with Crippen molar-refractivity contribution in [3.8, 4) is 0 Å². The smallest absolute Gasteiger partial charge is 0.164 e. The molecule has 10 heavy (non-hydrogen) atoms. The maximum atomic E-state index is 10.6. The molecule has 0 aliphatic rings. The van der Waals surface area contributed by atoms with Crippen LogP contribution in [0.2, 0.25) is 0 Å². The van der Waals surface area contributed by atoms with Crippen LogP contribution in [0, 0.1) is 0 Å². The lowest BCUT2D eigenvalue weighted by Crippen LogP contribution is -2.10. The molecule has 0 amide bonds. The van der Waals surface area contributed by atoms with Gasteiger partial charge in [-0.25, -0.2) is 0 Å². The summed E-state index contributed by atoms with van der Waals surface area (Å²) in [6.07, 6.45) is 1.41. The van der Waals surface area contributed by atoms with Crippen LogP contribution in [0.5, 0.6) is 0 Å². The minimum Gasteiger partial charge on any atom is -0.393 e. The third kappa shape index (κ3) is 2.44. The Hall–Kier alpha value is -1.12. The van der Waals surface area contributed by atoms with Gasteiger partial charge in [0.25, 0.3) is 0 Å². The minimum absolute atomic E-state index is 0.207. The molecule has 0 aliphatic heterocycles. The first kappa shape index (κ1) is 8.88. The molecule has 0 heterocycles. The number of allylic oxidation sites excluding steroid dienone is 1. The van der Waals surface area contributed by atoms with Gasteiger partial charge in [0.1, 0.15) is 0 Å². The molecular formula is C7H11NO2. The van der Waals surface area contributed by atoms with Gasteiger partial charge >= 0.3 is 0 Å². The molecule has 0 aromatic rings. The highest BCUT2D eigenvalue weighted by Crippen LogP contribution is 1.94. The van der Waals surface area contributed by atoms with Gasteiger partial charge < -0.3 is 5.32 Å². The summed E-state index contributed by atoms with van der Waals surface area (Å²) in [6, 6.07) is 0. The quantitative estimate of drug-likeness (QED) is 0.348. The van der Waals surface area contributed by atoms with Gasteiger partial charge in [-0.3, -0.25) is 9.59 Å². The number of rotatable bonds is 3. The van der Waals surface area contributed by atoms with E-state index >= 15 is 0 Å². The lowest BCUT2D eigenvalue weighted by atomic mass is 10.1. The largest absolute Gasteiger partial charge is 0.393 e. The van der Waals surface area contributed by atoms with E-state index in [2.05, 4.69) is 5.32 Å². The maximum absolute atomic E-state index is 10.6. The van der Waals surface area contributed by atoms with Gasteiger partial charge in [-0.2, -0.15) is 0 Å². The molecule has 0 rings (SSSR count). The van der Waals surface area contributed by atoms with Gasteiger partial charge in [-0.1, -0.05) is 0 Å². The first-order chi connectivity index (χ1) is 4.59. The van der Waals surface area contributed by atoms with Gasteiger partial charge in [0.2, 0.25) is 0 Å². The fourth-order valence-corrected chi connectivity index (χ4v) is 0.595. The maximum Gasteiger partial charge on any atom is 0.164 e. The van der Waals surface area contributed by atoms with E-state index in [1.54, 1.807) is 7.05 Å². The zero-order valence-electron chi connectivity index (χ0n) is 6.39. The number of Topliss-reactive ketones (excluding diaryl/α,β-unsaturated/α-hetero) is 2. The molecule has 56 valence electrons. The van der Waals surface area contributed by atoms with Gasteiger partial charge in [-0.05, 0) is 13.8 Å². The van der Waals surface area contributed by atoms with E-state index in [4.69, 9.17) is 0 Å². The molecule has 0 fully saturated rings. The summed E-state index contributed by atoms with van der Waals surface area (Å²) < 4.78 is 0. The molecule has 3 heteroatoms. The van der Waals surface area contributed by atoms with E-state index in [0.29, 0.717) is 0 Å². The second-order valence-corrected chi connectivity index (χ2v) is 1.96. The summed E-state index contributed by atoms with van der Waals surface area (Å²) >= 11 is 0. The lowest BCUT2D eigenvalue weighted by molar-refractivity contribution is -0.119. The molecule has 0 aromatic heterocycles. The van der Waals surface area contributed by atoms with Gasteiger partial charge in [-0.15, -0.1) is 0 Å². The Morgan fingerprint density at radius 2 is 1.60 bits per heavy atom. The van der Waals surface area contributed by atoms with Crippen molar-refractivity contribution >= 4 is 11.6 Å². The summed E-state index contributed by atoms with van der Waals surface area (Å²) in [5.41, 5.74) is 0.211. The first-order valence-corrected chi connectivity index (χ1v) is 2.99. The molecule has 0 atom stereocenters. The highest BCUT2D eigenvalue weighted by Gasteiger charge is 2.07. The van der Waals surface area contributed by atoms with Crippen molar-refractivity contribution in [2.75, 3.05) is 7.05 Å². The highest BCUT2D eigenvalue weighted by molar-refractivity contribution is 6.18. The topological polar surface area (TPSA) is 46.2 Å². The summed E-state index contributed by atoms with van der Waals surface area (Å²) in [5, 5.41) is 2.63. The first-order valence-electron chi connectivity index (χ1n) is 2.99. The molecular weight excluding hydrogens is 130 g/mol. The number of carbonyl (C=O) groups excluding carboxylic acids is 2. The Morgan fingerprint density at radius 3 is 1.70 bits per heavy atom. The fourth-order valence-electron chi connectivity index (χ4n) is 0.595. The summed E-state index contributed by atoms with van der Waals surface area (Å²) in [7, 11) is 1.64. The summed E-state index contributed by atoms with van der Waals surface area (Å²) in [5.74, 6) is -0.413. The average molecular weight is 141 g/mol. The number of hydrogen-bond donors (Lipinski definition) is 1. The number of carbonyl (C=O) groups is 2. The zero-order valence-corrected chi connectivity index (χ0v) is 6.39. The molecule has 0 radical (unpaired) electrons. The van der Waals surface area contributed by atoms with Crippen LogP contribution in [0.3, 0.4) is 0 Å². The molecule has 3 nitrogen and oxygen atoms in total. The van der Waals surface area contributed by atoms with Crippen molar-refractivity contribution in [1.82, 2.24) is 5.32 Å². The molecule has 0 spiro atoms.